The molecule has 226 valence electrons. The van der Waals surface area contributed by atoms with Crippen molar-refractivity contribution < 1.29 is 33.1 Å². The SMILES string of the molecule is CN(C(=O)NCc1cccc(F)c1Cl)C(CCC(=O)N1CCNCC1)CC1(c2cccc(F)c2)C=C(NC(=O)O)NO1. The van der Waals surface area contributed by atoms with Crippen LogP contribution in [0.5, 0.6) is 0 Å². The lowest BCUT2D eigenvalue weighted by Crippen LogP contribution is -2.48. The molecule has 1 saturated heterocycles. The Bertz CT molecular complexity index is 1340. The summed E-state index contributed by atoms with van der Waals surface area (Å²) in [7, 11) is 1.55. The van der Waals surface area contributed by atoms with Gasteiger partial charge in [-0.3, -0.25) is 14.9 Å². The van der Waals surface area contributed by atoms with E-state index in [0.717, 1.165) is 0 Å². The lowest BCUT2D eigenvalue weighted by molar-refractivity contribution is -0.132. The van der Waals surface area contributed by atoms with Gasteiger partial charge in [0.25, 0.3) is 0 Å². The zero-order valence-corrected chi connectivity index (χ0v) is 23.7. The molecule has 0 bridgehead atoms. The molecule has 0 saturated carbocycles. The molecule has 14 heteroatoms. The van der Waals surface area contributed by atoms with Gasteiger partial charge in [-0.2, -0.15) is 0 Å². The second-order valence-electron chi connectivity index (χ2n) is 10.1. The second kappa shape index (κ2) is 13.8. The molecule has 2 aromatic rings. The Balaban J connectivity index is 1.59. The topological polar surface area (TPSA) is 135 Å². The predicted octanol–water partition coefficient (Wildman–Crippen LogP) is 3.27. The summed E-state index contributed by atoms with van der Waals surface area (Å²) in [6.07, 6.45) is 0.517. The van der Waals surface area contributed by atoms with Crippen LogP contribution >= 0.6 is 11.6 Å². The fraction of sp³-hybridized carbons (Fsp3) is 0.393. The van der Waals surface area contributed by atoms with Crippen LogP contribution in [0.1, 0.15) is 30.4 Å². The van der Waals surface area contributed by atoms with Crippen molar-refractivity contribution in [2.24, 2.45) is 0 Å². The van der Waals surface area contributed by atoms with E-state index in [1.807, 2.05) is 0 Å². The summed E-state index contributed by atoms with van der Waals surface area (Å²) in [6.45, 7) is 2.47. The molecule has 5 N–H and O–H groups in total. The van der Waals surface area contributed by atoms with Crippen LogP contribution in [0, 0.1) is 11.6 Å². The smallest absolute Gasteiger partial charge is 0.410 e. The molecule has 0 spiro atoms. The number of carboxylic acid groups (broad SMARTS) is 1. The highest BCUT2D eigenvalue weighted by Gasteiger charge is 2.42. The van der Waals surface area contributed by atoms with Crippen LogP contribution < -0.4 is 21.4 Å². The van der Waals surface area contributed by atoms with Gasteiger partial charge >= 0.3 is 12.1 Å². The van der Waals surface area contributed by atoms with E-state index in [1.54, 1.807) is 24.1 Å². The van der Waals surface area contributed by atoms with Crippen molar-refractivity contribution >= 4 is 29.6 Å². The lowest BCUT2D eigenvalue weighted by Gasteiger charge is -2.36. The Morgan fingerprint density at radius 1 is 1.19 bits per heavy atom. The molecule has 0 aliphatic carbocycles. The van der Waals surface area contributed by atoms with Gasteiger partial charge in [0.1, 0.15) is 23.1 Å². The largest absolute Gasteiger partial charge is 0.465 e. The summed E-state index contributed by atoms with van der Waals surface area (Å²) in [6, 6.07) is 8.76. The van der Waals surface area contributed by atoms with Crippen LogP contribution in [-0.4, -0.2) is 72.2 Å². The number of halogens is 3. The number of hydrogen-bond acceptors (Lipinski definition) is 6. The van der Waals surface area contributed by atoms with Crippen LogP contribution in [0.4, 0.5) is 18.4 Å². The molecule has 0 aromatic heterocycles. The number of hydroxylamine groups is 1. The van der Waals surface area contributed by atoms with E-state index < -0.39 is 35.4 Å². The van der Waals surface area contributed by atoms with Crippen LogP contribution in [0.25, 0.3) is 0 Å². The van der Waals surface area contributed by atoms with Crippen LogP contribution in [0.2, 0.25) is 5.02 Å². The number of urea groups is 1. The highest BCUT2D eigenvalue weighted by atomic mass is 35.5. The molecule has 0 radical (unpaired) electrons. The molecular formula is C28H33ClF2N6O5. The summed E-state index contributed by atoms with van der Waals surface area (Å²) in [5.41, 5.74) is 1.90. The molecule has 42 heavy (non-hydrogen) atoms. The molecule has 2 aliphatic heterocycles. The number of carbonyl (C=O) groups is 3. The van der Waals surface area contributed by atoms with Crippen LogP contribution in [0.15, 0.2) is 54.4 Å². The van der Waals surface area contributed by atoms with Crippen molar-refractivity contribution in [2.45, 2.75) is 37.5 Å². The summed E-state index contributed by atoms with van der Waals surface area (Å²) in [5, 5.41) is 17.2. The number of nitrogens with one attached hydrogen (secondary N) is 4. The Morgan fingerprint density at radius 2 is 1.93 bits per heavy atom. The molecule has 2 aromatic carbocycles. The first-order chi connectivity index (χ1) is 20.1. The van der Waals surface area contributed by atoms with E-state index in [9.17, 15) is 28.3 Å². The van der Waals surface area contributed by atoms with E-state index in [0.29, 0.717) is 37.3 Å². The molecule has 2 atom stereocenters. The normalized spacial score (nSPS) is 19.0. The van der Waals surface area contributed by atoms with Gasteiger partial charge in [0, 0.05) is 58.7 Å². The Kier molecular flexibility index (Phi) is 10.2. The van der Waals surface area contributed by atoms with Crippen LogP contribution in [-0.2, 0) is 21.8 Å². The van der Waals surface area contributed by atoms with Gasteiger partial charge in [-0.05, 0) is 41.8 Å². The molecule has 2 aliphatic rings. The van der Waals surface area contributed by atoms with Crippen molar-refractivity contribution in [3.63, 3.8) is 0 Å². The van der Waals surface area contributed by atoms with E-state index in [1.165, 1.54) is 41.3 Å². The summed E-state index contributed by atoms with van der Waals surface area (Å²) in [5.74, 6) is -1.19. The van der Waals surface area contributed by atoms with E-state index in [-0.39, 0.29) is 42.6 Å². The molecule has 2 heterocycles. The average molecular weight is 607 g/mol. The van der Waals surface area contributed by atoms with E-state index >= 15 is 0 Å². The summed E-state index contributed by atoms with van der Waals surface area (Å²) in [4.78, 5) is 46.7. The summed E-state index contributed by atoms with van der Waals surface area (Å²) >= 11 is 6.04. The third kappa shape index (κ3) is 7.66. The number of amides is 4. The van der Waals surface area contributed by atoms with Gasteiger partial charge in [-0.1, -0.05) is 35.9 Å². The fourth-order valence-electron chi connectivity index (χ4n) is 5.02. The monoisotopic (exact) mass is 606 g/mol. The van der Waals surface area contributed by atoms with Gasteiger partial charge in [-0.25, -0.2) is 23.9 Å². The van der Waals surface area contributed by atoms with Crippen molar-refractivity contribution in [3.05, 3.63) is 82.1 Å². The maximum absolute atomic E-state index is 14.3. The minimum atomic E-state index is -1.40. The van der Waals surface area contributed by atoms with E-state index in [2.05, 4.69) is 21.4 Å². The maximum Gasteiger partial charge on any atom is 0.410 e. The van der Waals surface area contributed by atoms with Crippen molar-refractivity contribution in [1.82, 2.24) is 31.2 Å². The van der Waals surface area contributed by atoms with E-state index in [4.69, 9.17) is 16.4 Å². The number of piperazine rings is 1. The molecule has 2 unspecified atom stereocenters. The first-order valence-corrected chi connectivity index (χ1v) is 13.8. The number of rotatable bonds is 10. The lowest BCUT2D eigenvalue weighted by atomic mass is 9.85. The molecule has 11 nitrogen and oxygen atoms in total. The second-order valence-corrected chi connectivity index (χ2v) is 10.5. The fourth-order valence-corrected chi connectivity index (χ4v) is 5.21. The minimum absolute atomic E-state index is 0.0234. The number of nitrogens with zero attached hydrogens (tertiary/aromatic N) is 2. The first-order valence-electron chi connectivity index (χ1n) is 13.4. The van der Waals surface area contributed by atoms with Crippen molar-refractivity contribution in [1.29, 1.82) is 0 Å². The van der Waals surface area contributed by atoms with Gasteiger partial charge in [0.05, 0.1) is 5.02 Å². The van der Waals surface area contributed by atoms with Gasteiger partial charge in [-0.15, -0.1) is 0 Å². The van der Waals surface area contributed by atoms with Crippen molar-refractivity contribution in [2.75, 3.05) is 33.2 Å². The molecule has 4 amide bonds. The standard InChI is InChI=1S/C28H33ClF2N6O5/c1-36(26(39)33-17-18-4-2-7-22(31)25(18)29)21(8-9-24(38)37-12-10-32-11-13-37)15-28(19-5-3-6-20(30)14-19)16-23(35-42-28)34-27(40)41/h2-7,14,16,21,32,34-35H,8-13,15,17H2,1H3,(H,33,39)(H,40,41). The van der Waals surface area contributed by atoms with Crippen LogP contribution in [0.3, 0.4) is 0 Å². The number of benzene rings is 2. The van der Waals surface area contributed by atoms with Gasteiger partial charge in [0.15, 0.2) is 0 Å². The van der Waals surface area contributed by atoms with Crippen molar-refractivity contribution in [3.8, 4) is 0 Å². The third-order valence-corrected chi connectivity index (χ3v) is 7.73. The highest BCUT2D eigenvalue weighted by molar-refractivity contribution is 6.31. The Morgan fingerprint density at radius 3 is 2.64 bits per heavy atom. The molecule has 4 rings (SSSR count). The molecule has 1 fully saturated rings. The quantitative estimate of drug-likeness (QED) is 0.280. The average Bonchev–Trinajstić information content (AvgIpc) is 3.38. The van der Waals surface area contributed by atoms with Gasteiger partial charge in [0.2, 0.25) is 5.91 Å². The Hall–Kier alpha value is -3.94. The highest BCUT2D eigenvalue weighted by Crippen LogP contribution is 2.38. The number of hydrogen-bond donors (Lipinski definition) is 5. The summed E-state index contributed by atoms with van der Waals surface area (Å²) < 4.78 is 28.2. The van der Waals surface area contributed by atoms with Gasteiger partial charge < -0.3 is 25.5 Å². The third-order valence-electron chi connectivity index (χ3n) is 7.31. The first kappa shape index (κ1) is 31.0. The zero-order valence-electron chi connectivity index (χ0n) is 23.0. The predicted molar refractivity (Wildman–Crippen MR) is 150 cm³/mol. The minimum Gasteiger partial charge on any atom is -0.465 e. The maximum atomic E-state index is 14.3. The number of carbonyl (C=O) groups excluding carboxylic acids is 2. The Labute approximate surface area is 246 Å². The zero-order chi connectivity index (χ0) is 30.3. The molecular weight excluding hydrogens is 574 g/mol.